The van der Waals surface area contributed by atoms with Crippen LogP contribution in [-0.2, 0) is 0 Å². The summed E-state index contributed by atoms with van der Waals surface area (Å²) in [6.45, 7) is 2.16. The minimum Gasteiger partial charge on any atom is -0.315 e. The zero-order valence-corrected chi connectivity index (χ0v) is 10.2. The van der Waals surface area contributed by atoms with Crippen LogP contribution in [0.3, 0.4) is 0 Å². The van der Waals surface area contributed by atoms with E-state index < -0.39 is 0 Å². The summed E-state index contributed by atoms with van der Waals surface area (Å²) in [5, 5.41) is 7.53. The van der Waals surface area contributed by atoms with Gasteiger partial charge in [-0.1, -0.05) is 0 Å². The third-order valence-corrected chi connectivity index (χ3v) is 2.39. The first-order valence-corrected chi connectivity index (χ1v) is 4.56. The molecular formula is C7H12BrCl2N3. The smallest absolute Gasteiger partial charge is 0.0656 e. The molecule has 0 amide bonds. The minimum absolute atomic E-state index is 0. The molecule has 0 radical (unpaired) electrons. The highest BCUT2D eigenvalue weighted by atomic mass is 79.9. The topological polar surface area (TPSA) is 29.9 Å². The van der Waals surface area contributed by atoms with Crippen LogP contribution in [-0.4, -0.2) is 22.9 Å². The molecule has 1 aliphatic heterocycles. The van der Waals surface area contributed by atoms with E-state index in [9.17, 15) is 0 Å². The summed E-state index contributed by atoms with van der Waals surface area (Å²) in [6, 6.07) is 0.557. The van der Waals surface area contributed by atoms with E-state index >= 15 is 0 Å². The molecule has 1 N–H and O–H groups in total. The minimum atomic E-state index is 0. The Morgan fingerprint density at radius 1 is 1.54 bits per heavy atom. The first-order chi connectivity index (χ1) is 5.36. The second kappa shape index (κ2) is 5.86. The molecule has 1 atom stereocenters. The van der Waals surface area contributed by atoms with Gasteiger partial charge >= 0.3 is 0 Å². The lowest BCUT2D eigenvalue weighted by atomic mass is 10.3. The van der Waals surface area contributed by atoms with E-state index in [0.29, 0.717) is 6.04 Å². The molecule has 2 heterocycles. The molecule has 1 aromatic heterocycles. The first-order valence-electron chi connectivity index (χ1n) is 3.76. The van der Waals surface area contributed by atoms with Crippen molar-refractivity contribution in [3.8, 4) is 0 Å². The summed E-state index contributed by atoms with van der Waals surface area (Å²) in [5.74, 6) is 0. The fraction of sp³-hybridized carbons (Fsp3) is 0.571. The molecule has 1 saturated heterocycles. The van der Waals surface area contributed by atoms with Gasteiger partial charge in [0, 0.05) is 12.7 Å². The molecule has 1 aliphatic rings. The van der Waals surface area contributed by atoms with Crippen molar-refractivity contribution in [2.45, 2.75) is 12.5 Å². The Kier molecular flexibility index (Phi) is 5.96. The van der Waals surface area contributed by atoms with Crippen molar-refractivity contribution in [2.75, 3.05) is 13.1 Å². The molecule has 13 heavy (non-hydrogen) atoms. The largest absolute Gasteiger partial charge is 0.315 e. The van der Waals surface area contributed by atoms with Crippen molar-refractivity contribution in [2.24, 2.45) is 0 Å². The molecule has 0 aliphatic carbocycles. The van der Waals surface area contributed by atoms with Crippen molar-refractivity contribution < 1.29 is 0 Å². The van der Waals surface area contributed by atoms with Gasteiger partial charge in [-0.05, 0) is 28.9 Å². The third kappa shape index (κ3) is 3.13. The van der Waals surface area contributed by atoms with Crippen LogP contribution in [0.15, 0.2) is 16.9 Å². The Balaban J connectivity index is 0.000000720. The Bertz CT molecular complexity index is 248. The number of hydrogen-bond donors (Lipinski definition) is 1. The highest BCUT2D eigenvalue weighted by Gasteiger charge is 2.16. The van der Waals surface area contributed by atoms with Crippen LogP contribution >= 0.6 is 40.7 Å². The second-order valence-corrected chi connectivity index (χ2v) is 3.70. The van der Waals surface area contributed by atoms with Gasteiger partial charge < -0.3 is 5.32 Å². The van der Waals surface area contributed by atoms with Crippen molar-refractivity contribution in [3.05, 3.63) is 16.9 Å². The summed E-state index contributed by atoms with van der Waals surface area (Å²) >= 11 is 3.38. The van der Waals surface area contributed by atoms with Crippen LogP contribution in [0, 0.1) is 0 Å². The van der Waals surface area contributed by atoms with E-state index in [1.807, 2.05) is 17.1 Å². The fourth-order valence-electron chi connectivity index (χ4n) is 1.38. The Hall–Kier alpha value is 0.230. The molecule has 76 valence electrons. The van der Waals surface area contributed by atoms with Crippen LogP contribution in [0.1, 0.15) is 12.5 Å². The molecule has 1 aromatic rings. The average Bonchev–Trinajstić information content (AvgIpc) is 2.55. The third-order valence-electron chi connectivity index (χ3n) is 1.98. The molecule has 3 nitrogen and oxygen atoms in total. The normalized spacial score (nSPS) is 20.5. The van der Waals surface area contributed by atoms with Crippen LogP contribution in [0.5, 0.6) is 0 Å². The second-order valence-electron chi connectivity index (χ2n) is 2.79. The molecule has 0 spiro atoms. The van der Waals surface area contributed by atoms with Gasteiger partial charge in [0.1, 0.15) is 0 Å². The maximum absolute atomic E-state index is 4.23. The van der Waals surface area contributed by atoms with Gasteiger partial charge in [-0.25, -0.2) is 0 Å². The van der Waals surface area contributed by atoms with Crippen LogP contribution in [0.25, 0.3) is 0 Å². The summed E-state index contributed by atoms with van der Waals surface area (Å²) in [5.41, 5.74) is 0. The Morgan fingerprint density at radius 3 is 2.77 bits per heavy atom. The van der Waals surface area contributed by atoms with Crippen LogP contribution < -0.4 is 5.32 Å². The van der Waals surface area contributed by atoms with Crippen LogP contribution in [0.2, 0.25) is 0 Å². The van der Waals surface area contributed by atoms with Crippen molar-refractivity contribution in [3.63, 3.8) is 0 Å². The van der Waals surface area contributed by atoms with Gasteiger partial charge in [-0.15, -0.1) is 24.8 Å². The highest BCUT2D eigenvalue weighted by Crippen LogP contribution is 2.16. The molecule has 6 heteroatoms. The van der Waals surface area contributed by atoms with E-state index in [1.54, 1.807) is 0 Å². The van der Waals surface area contributed by atoms with Gasteiger partial charge in [-0.2, -0.15) is 5.10 Å². The molecule has 0 bridgehead atoms. The number of rotatable bonds is 1. The van der Waals surface area contributed by atoms with Gasteiger partial charge in [0.2, 0.25) is 0 Å². The van der Waals surface area contributed by atoms with E-state index in [0.717, 1.165) is 17.6 Å². The monoisotopic (exact) mass is 287 g/mol. The predicted molar refractivity (Wildman–Crippen MR) is 60.9 cm³/mol. The lowest BCUT2D eigenvalue weighted by molar-refractivity contribution is 0.490. The number of hydrogen-bond acceptors (Lipinski definition) is 2. The lowest BCUT2D eigenvalue weighted by Crippen LogP contribution is -2.13. The first kappa shape index (κ1) is 13.2. The van der Waals surface area contributed by atoms with Crippen molar-refractivity contribution >= 4 is 40.7 Å². The maximum Gasteiger partial charge on any atom is 0.0656 e. The summed E-state index contributed by atoms with van der Waals surface area (Å²) < 4.78 is 3.08. The average molecular weight is 289 g/mol. The van der Waals surface area contributed by atoms with E-state index in [-0.39, 0.29) is 24.8 Å². The van der Waals surface area contributed by atoms with Crippen molar-refractivity contribution in [1.29, 1.82) is 0 Å². The summed E-state index contributed by atoms with van der Waals surface area (Å²) in [6.07, 6.45) is 5.05. The number of nitrogens with zero attached hydrogens (tertiary/aromatic N) is 2. The number of aromatic nitrogens is 2. The van der Waals surface area contributed by atoms with Gasteiger partial charge in [0.15, 0.2) is 0 Å². The lowest BCUT2D eigenvalue weighted by Gasteiger charge is -2.07. The van der Waals surface area contributed by atoms with E-state index in [4.69, 9.17) is 0 Å². The van der Waals surface area contributed by atoms with Crippen molar-refractivity contribution in [1.82, 2.24) is 15.1 Å². The van der Waals surface area contributed by atoms with E-state index in [1.165, 1.54) is 6.42 Å². The van der Waals surface area contributed by atoms with Gasteiger partial charge in [-0.3, -0.25) is 4.68 Å². The highest BCUT2D eigenvalue weighted by molar-refractivity contribution is 9.10. The zero-order valence-electron chi connectivity index (χ0n) is 6.94. The molecule has 1 fully saturated rings. The summed E-state index contributed by atoms with van der Waals surface area (Å²) in [7, 11) is 0. The molecular weight excluding hydrogens is 277 g/mol. The number of halogens is 3. The predicted octanol–water partition coefficient (Wildman–Crippen LogP) is 2.02. The standard InChI is InChI=1S/C7H10BrN3.2ClH/c8-6-3-10-11(5-6)7-1-2-9-4-7;;/h3,5,7,9H,1-2,4H2;2*1H. The Labute approximate surface area is 98.2 Å². The van der Waals surface area contributed by atoms with Crippen LogP contribution in [0.4, 0.5) is 0 Å². The molecule has 0 saturated carbocycles. The fourth-order valence-corrected chi connectivity index (χ4v) is 1.68. The SMILES string of the molecule is Brc1cnn(C2CCNC2)c1.Cl.Cl. The Morgan fingerprint density at radius 2 is 2.31 bits per heavy atom. The zero-order chi connectivity index (χ0) is 7.68. The summed E-state index contributed by atoms with van der Waals surface area (Å²) in [4.78, 5) is 0. The van der Waals surface area contributed by atoms with Gasteiger partial charge in [0.25, 0.3) is 0 Å². The maximum atomic E-state index is 4.23. The quantitative estimate of drug-likeness (QED) is 0.857. The molecule has 2 rings (SSSR count). The molecule has 0 aromatic carbocycles. The van der Waals surface area contributed by atoms with Gasteiger partial charge in [0.05, 0.1) is 16.7 Å². The number of nitrogens with one attached hydrogen (secondary N) is 1. The van der Waals surface area contributed by atoms with E-state index in [2.05, 4.69) is 26.3 Å². The molecule has 1 unspecified atom stereocenters.